The van der Waals surface area contributed by atoms with Crippen molar-refractivity contribution in [2.24, 2.45) is 0 Å². The molecule has 10 heteroatoms. The first kappa shape index (κ1) is 33.0. The Labute approximate surface area is 207 Å². The van der Waals surface area contributed by atoms with Crippen molar-refractivity contribution in [1.29, 1.82) is 0 Å². The van der Waals surface area contributed by atoms with Crippen LogP contribution in [0.1, 0.15) is 90.9 Å². The molecule has 9 nitrogen and oxygen atoms in total. The molecular formula is C24H51N3O6P+. The van der Waals surface area contributed by atoms with E-state index >= 15 is 0 Å². The van der Waals surface area contributed by atoms with E-state index in [0.717, 1.165) is 57.8 Å². The number of rotatable bonds is 22. The van der Waals surface area contributed by atoms with Gasteiger partial charge in [-0.05, 0) is 12.8 Å². The van der Waals surface area contributed by atoms with Gasteiger partial charge in [0.05, 0.1) is 33.8 Å². The molecule has 0 aliphatic carbocycles. The zero-order chi connectivity index (χ0) is 25.9. The lowest BCUT2D eigenvalue weighted by molar-refractivity contribution is -0.870. The van der Waals surface area contributed by atoms with Crippen molar-refractivity contribution in [3.8, 4) is 0 Å². The Morgan fingerprint density at radius 3 is 1.91 bits per heavy atom. The molecule has 0 saturated carbocycles. The second kappa shape index (κ2) is 19.2. The number of phosphoric ester groups is 1. The van der Waals surface area contributed by atoms with Gasteiger partial charge in [0.1, 0.15) is 13.2 Å². The maximum absolute atomic E-state index is 12.4. The second-order valence-corrected chi connectivity index (χ2v) is 11.5. The van der Waals surface area contributed by atoms with Crippen molar-refractivity contribution in [1.82, 2.24) is 10.6 Å². The van der Waals surface area contributed by atoms with E-state index in [4.69, 9.17) is 9.05 Å². The quantitative estimate of drug-likeness (QED) is 0.115. The number of carbonyl (C=O) groups is 2. The topological polar surface area (TPSA) is 114 Å². The van der Waals surface area contributed by atoms with Crippen LogP contribution >= 0.6 is 7.82 Å². The Balaban J connectivity index is 4.62. The molecule has 0 rings (SSSR count). The molecule has 0 heterocycles. The summed E-state index contributed by atoms with van der Waals surface area (Å²) in [5.74, 6) is -0.251. The Morgan fingerprint density at radius 1 is 0.853 bits per heavy atom. The average molecular weight is 509 g/mol. The van der Waals surface area contributed by atoms with Crippen LogP contribution in [-0.4, -0.2) is 74.7 Å². The first-order valence-electron chi connectivity index (χ1n) is 13.0. The summed E-state index contributed by atoms with van der Waals surface area (Å²) >= 11 is 0. The van der Waals surface area contributed by atoms with Gasteiger partial charge in [-0.2, -0.15) is 0 Å². The van der Waals surface area contributed by atoms with Crippen molar-refractivity contribution in [2.75, 3.05) is 47.4 Å². The van der Waals surface area contributed by atoms with Gasteiger partial charge in [-0.3, -0.25) is 18.6 Å². The summed E-state index contributed by atoms with van der Waals surface area (Å²) < 4.78 is 23.0. The number of carbonyl (C=O) groups excluding carboxylic acids is 2. The van der Waals surface area contributed by atoms with E-state index in [0.29, 0.717) is 23.9 Å². The number of likely N-dealkylation sites (N-methyl/N-ethyl adjacent to an activating group) is 1. The average Bonchev–Trinajstić information content (AvgIpc) is 2.74. The van der Waals surface area contributed by atoms with Gasteiger partial charge in [0.15, 0.2) is 0 Å². The van der Waals surface area contributed by atoms with Crippen LogP contribution < -0.4 is 10.6 Å². The fourth-order valence-corrected chi connectivity index (χ4v) is 3.96. The van der Waals surface area contributed by atoms with Gasteiger partial charge in [0, 0.05) is 19.4 Å². The molecule has 34 heavy (non-hydrogen) atoms. The largest absolute Gasteiger partial charge is 0.472 e. The van der Waals surface area contributed by atoms with Gasteiger partial charge in [-0.25, -0.2) is 4.57 Å². The minimum atomic E-state index is -4.26. The molecule has 2 amide bonds. The van der Waals surface area contributed by atoms with Gasteiger partial charge < -0.3 is 20.0 Å². The zero-order valence-corrected chi connectivity index (χ0v) is 23.2. The van der Waals surface area contributed by atoms with Gasteiger partial charge in [0.25, 0.3) is 0 Å². The maximum atomic E-state index is 12.4. The second-order valence-electron chi connectivity index (χ2n) is 10.0. The summed E-state index contributed by atoms with van der Waals surface area (Å²) in [7, 11) is 1.59. The van der Waals surface area contributed by atoms with Crippen molar-refractivity contribution >= 4 is 19.6 Å². The predicted molar refractivity (Wildman–Crippen MR) is 136 cm³/mol. The highest BCUT2D eigenvalue weighted by Gasteiger charge is 2.25. The summed E-state index contributed by atoms with van der Waals surface area (Å²) in [6, 6.07) is -0.616. The van der Waals surface area contributed by atoms with Crippen LogP contribution in [0.3, 0.4) is 0 Å². The summed E-state index contributed by atoms with van der Waals surface area (Å²) in [4.78, 5) is 34.5. The smallest absolute Gasteiger partial charge is 0.354 e. The van der Waals surface area contributed by atoms with E-state index in [-0.39, 0.29) is 31.6 Å². The number of amides is 2. The molecule has 0 aliphatic heterocycles. The van der Waals surface area contributed by atoms with Gasteiger partial charge in [0.2, 0.25) is 11.8 Å². The molecule has 0 aromatic heterocycles. The third-order valence-electron chi connectivity index (χ3n) is 5.38. The molecule has 202 valence electrons. The molecule has 0 aromatic rings. The summed E-state index contributed by atoms with van der Waals surface area (Å²) in [6.07, 6.45) is 11.3. The molecule has 0 saturated heterocycles. The van der Waals surface area contributed by atoms with Crippen molar-refractivity contribution in [2.45, 2.75) is 96.9 Å². The number of nitrogens with zero attached hydrogens (tertiary/aromatic N) is 1. The first-order valence-corrected chi connectivity index (χ1v) is 14.5. The number of quaternary nitrogens is 1. The molecule has 0 aliphatic rings. The molecule has 0 fully saturated rings. The van der Waals surface area contributed by atoms with E-state index in [1.165, 1.54) is 6.42 Å². The SMILES string of the molecule is CCCCCCCC(=O)NCC(COP(=O)(O)OCC[N+](C)(C)C)NC(=O)CCCCCCC. The minimum Gasteiger partial charge on any atom is -0.354 e. The Morgan fingerprint density at radius 2 is 1.38 bits per heavy atom. The van der Waals surface area contributed by atoms with Crippen LogP contribution in [0.25, 0.3) is 0 Å². The first-order chi connectivity index (χ1) is 16.0. The molecule has 0 aromatic carbocycles. The zero-order valence-electron chi connectivity index (χ0n) is 22.3. The third-order valence-corrected chi connectivity index (χ3v) is 6.37. The minimum absolute atomic E-state index is 0.0703. The highest BCUT2D eigenvalue weighted by Crippen LogP contribution is 2.43. The fraction of sp³-hybridized carbons (Fsp3) is 0.917. The van der Waals surface area contributed by atoms with Crippen molar-refractivity contribution in [3.63, 3.8) is 0 Å². The summed E-state index contributed by atoms with van der Waals surface area (Å²) in [5.41, 5.74) is 0. The highest BCUT2D eigenvalue weighted by atomic mass is 31.2. The lowest BCUT2D eigenvalue weighted by Crippen LogP contribution is -2.46. The number of unbranched alkanes of at least 4 members (excludes halogenated alkanes) is 8. The van der Waals surface area contributed by atoms with Crippen molar-refractivity contribution < 1.29 is 32.6 Å². The van der Waals surface area contributed by atoms with E-state index in [1.807, 2.05) is 21.1 Å². The molecule has 0 radical (unpaired) electrons. The van der Waals surface area contributed by atoms with Crippen LogP contribution in [0.5, 0.6) is 0 Å². The van der Waals surface area contributed by atoms with Crippen LogP contribution in [0.15, 0.2) is 0 Å². The Bertz CT molecular complexity index is 598. The lowest BCUT2D eigenvalue weighted by Gasteiger charge is -2.24. The molecule has 2 atom stereocenters. The maximum Gasteiger partial charge on any atom is 0.472 e. The van der Waals surface area contributed by atoms with Crippen molar-refractivity contribution in [3.05, 3.63) is 0 Å². The summed E-state index contributed by atoms with van der Waals surface area (Å²) in [5, 5.41) is 5.64. The van der Waals surface area contributed by atoms with Crippen LogP contribution in [0, 0.1) is 0 Å². The van der Waals surface area contributed by atoms with Gasteiger partial charge >= 0.3 is 7.82 Å². The highest BCUT2D eigenvalue weighted by molar-refractivity contribution is 7.47. The fourth-order valence-electron chi connectivity index (χ4n) is 3.21. The van der Waals surface area contributed by atoms with E-state index in [9.17, 15) is 19.0 Å². The van der Waals surface area contributed by atoms with Gasteiger partial charge in [-0.15, -0.1) is 0 Å². The molecule has 2 unspecified atom stereocenters. The molecule has 0 bridgehead atoms. The van der Waals surface area contributed by atoms with E-state index in [2.05, 4.69) is 24.5 Å². The Hall–Kier alpha value is -0.990. The lowest BCUT2D eigenvalue weighted by atomic mass is 10.1. The Kier molecular flexibility index (Phi) is 18.7. The summed E-state index contributed by atoms with van der Waals surface area (Å²) in [6.45, 7) is 4.81. The van der Waals surface area contributed by atoms with Crippen LogP contribution in [0.2, 0.25) is 0 Å². The molecule has 3 N–H and O–H groups in total. The standard InChI is InChI=1S/C24H50N3O6P/c1-6-8-10-12-14-16-23(28)25-20-22(26-24(29)17-15-13-11-9-7-2)21-33-34(30,31)32-19-18-27(3,4)5/h22H,6-21H2,1-5H3,(H2-,25,26,28,29,30,31)/p+1. The third kappa shape index (κ3) is 21.5. The number of phosphoric acid groups is 1. The van der Waals surface area contributed by atoms with E-state index < -0.39 is 13.9 Å². The number of hydrogen-bond donors (Lipinski definition) is 3. The monoisotopic (exact) mass is 508 g/mol. The van der Waals surface area contributed by atoms with Gasteiger partial charge in [-0.1, -0.05) is 65.2 Å². The number of nitrogens with one attached hydrogen (secondary N) is 2. The van der Waals surface area contributed by atoms with Crippen LogP contribution in [0.4, 0.5) is 0 Å². The van der Waals surface area contributed by atoms with Crippen LogP contribution in [-0.2, 0) is 23.2 Å². The predicted octanol–water partition coefficient (Wildman–Crippen LogP) is 4.15. The molecular weight excluding hydrogens is 457 g/mol. The molecule has 0 spiro atoms. The normalized spacial score (nSPS) is 14.4. The van der Waals surface area contributed by atoms with E-state index in [1.54, 1.807) is 0 Å². The number of hydrogen-bond acceptors (Lipinski definition) is 5.